The van der Waals surface area contributed by atoms with Gasteiger partial charge in [0.25, 0.3) is 5.91 Å². The molecule has 1 N–H and O–H groups in total. The topological polar surface area (TPSA) is 89.6 Å². The molecule has 2 aliphatic rings. The predicted molar refractivity (Wildman–Crippen MR) is 135 cm³/mol. The normalized spacial score (nSPS) is 20.6. The zero-order chi connectivity index (χ0) is 25.1. The van der Waals surface area contributed by atoms with E-state index in [-0.39, 0.29) is 24.4 Å². The van der Waals surface area contributed by atoms with E-state index in [4.69, 9.17) is 9.15 Å². The molecule has 36 heavy (non-hydrogen) atoms. The number of hydrogen-bond donors (Lipinski definition) is 1. The van der Waals surface area contributed by atoms with Crippen LogP contribution in [0.25, 0.3) is 11.5 Å². The van der Waals surface area contributed by atoms with Crippen LogP contribution in [-0.2, 0) is 17.9 Å². The van der Waals surface area contributed by atoms with Crippen LogP contribution in [0.3, 0.4) is 0 Å². The summed E-state index contributed by atoms with van der Waals surface area (Å²) < 4.78 is 12.7. The molecule has 1 saturated carbocycles. The molecule has 1 aliphatic heterocycles. The van der Waals surface area contributed by atoms with E-state index in [1.807, 2.05) is 44.2 Å². The Morgan fingerprint density at radius 3 is 2.58 bits per heavy atom. The summed E-state index contributed by atoms with van der Waals surface area (Å²) in [6.45, 7) is 4.96. The van der Waals surface area contributed by atoms with E-state index in [9.17, 15) is 9.59 Å². The van der Waals surface area contributed by atoms with E-state index in [0.29, 0.717) is 30.3 Å². The Morgan fingerprint density at radius 2 is 1.92 bits per heavy atom. The van der Waals surface area contributed by atoms with E-state index >= 15 is 0 Å². The number of furan rings is 1. The van der Waals surface area contributed by atoms with Crippen molar-refractivity contribution >= 4 is 11.8 Å². The van der Waals surface area contributed by atoms with Crippen molar-refractivity contribution in [3.05, 3.63) is 60.0 Å². The van der Waals surface area contributed by atoms with Gasteiger partial charge in [0.1, 0.15) is 22.7 Å². The van der Waals surface area contributed by atoms with E-state index in [2.05, 4.69) is 10.4 Å². The van der Waals surface area contributed by atoms with Gasteiger partial charge in [-0.15, -0.1) is 0 Å². The summed E-state index contributed by atoms with van der Waals surface area (Å²) in [5.41, 5.74) is 0.867. The summed E-state index contributed by atoms with van der Waals surface area (Å²) in [5, 5.41) is 7.92. The highest BCUT2D eigenvalue weighted by Gasteiger charge is 2.48. The molecule has 0 saturated heterocycles. The minimum Gasteiger partial charge on any atom is -0.494 e. The first kappa shape index (κ1) is 24.2. The number of benzene rings is 1. The quantitative estimate of drug-likeness (QED) is 0.481. The third-order valence-corrected chi connectivity index (χ3v) is 7.33. The van der Waals surface area contributed by atoms with E-state index in [1.165, 1.54) is 12.8 Å². The maximum absolute atomic E-state index is 13.9. The van der Waals surface area contributed by atoms with Gasteiger partial charge in [-0.3, -0.25) is 14.3 Å². The first-order chi connectivity index (χ1) is 17.5. The van der Waals surface area contributed by atoms with Crippen LogP contribution < -0.4 is 10.1 Å². The van der Waals surface area contributed by atoms with Gasteiger partial charge in [-0.05, 0) is 56.5 Å². The lowest BCUT2D eigenvalue weighted by atomic mass is 9.93. The Morgan fingerprint density at radius 1 is 1.17 bits per heavy atom. The van der Waals surface area contributed by atoms with Crippen molar-refractivity contribution < 1.29 is 18.7 Å². The first-order valence-electron chi connectivity index (χ1n) is 12.9. The summed E-state index contributed by atoms with van der Waals surface area (Å²) in [5.74, 6) is 1.02. The molecule has 3 aromatic rings. The van der Waals surface area contributed by atoms with Crippen LogP contribution in [0, 0.1) is 0 Å². The third kappa shape index (κ3) is 4.76. The molecule has 8 nitrogen and oxygen atoms in total. The van der Waals surface area contributed by atoms with Crippen LogP contribution in [0.5, 0.6) is 5.75 Å². The molecule has 2 aromatic heterocycles. The fraction of sp³-hybridized carbons (Fsp3) is 0.464. The number of carbonyl (C=O) groups is 2. The number of nitrogens with one attached hydrogen (secondary N) is 1. The second kappa shape index (κ2) is 10.2. The second-order valence-corrected chi connectivity index (χ2v) is 9.95. The summed E-state index contributed by atoms with van der Waals surface area (Å²) in [6, 6.07) is 13.2. The lowest BCUT2D eigenvalue weighted by molar-refractivity contribution is -0.134. The van der Waals surface area contributed by atoms with Crippen molar-refractivity contribution in [1.29, 1.82) is 0 Å². The lowest BCUT2D eigenvalue weighted by Gasteiger charge is -2.44. The van der Waals surface area contributed by atoms with Crippen LogP contribution in [0.2, 0.25) is 0 Å². The monoisotopic (exact) mass is 490 g/mol. The molecule has 190 valence electrons. The van der Waals surface area contributed by atoms with Crippen molar-refractivity contribution in [2.75, 3.05) is 6.61 Å². The van der Waals surface area contributed by atoms with E-state index in [1.54, 1.807) is 28.0 Å². The number of carbonyl (C=O) groups excluding carboxylic acids is 2. The van der Waals surface area contributed by atoms with Crippen molar-refractivity contribution in [2.24, 2.45) is 0 Å². The highest BCUT2D eigenvalue weighted by Crippen LogP contribution is 2.32. The van der Waals surface area contributed by atoms with Gasteiger partial charge in [-0.2, -0.15) is 5.10 Å². The van der Waals surface area contributed by atoms with Crippen molar-refractivity contribution in [3.63, 3.8) is 0 Å². The van der Waals surface area contributed by atoms with Gasteiger partial charge < -0.3 is 19.4 Å². The van der Waals surface area contributed by atoms with Crippen LogP contribution in [-0.4, -0.2) is 44.7 Å². The largest absolute Gasteiger partial charge is 0.494 e. The summed E-state index contributed by atoms with van der Waals surface area (Å²) in [4.78, 5) is 29.4. The summed E-state index contributed by atoms with van der Waals surface area (Å²) in [7, 11) is 0. The third-order valence-electron chi connectivity index (χ3n) is 7.33. The average molecular weight is 491 g/mol. The van der Waals surface area contributed by atoms with Crippen molar-refractivity contribution in [1.82, 2.24) is 20.0 Å². The SMILES string of the molecule is CCOc1ccc(CN2C(=O)c3cc(-c4ccco4)nn3C[C@]2(C)C(=O)NC2CCCCCC2)cc1. The molecular formula is C28H34N4O4. The molecule has 1 atom stereocenters. The van der Waals surface area contributed by atoms with Gasteiger partial charge in [0.15, 0.2) is 5.76 Å². The van der Waals surface area contributed by atoms with Crippen LogP contribution in [0.1, 0.15) is 68.4 Å². The van der Waals surface area contributed by atoms with Crippen LogP contribution >= 0.6 is 0 Å². The van der Waals surface area contributed by atoms with Gasteiger partial charge in [-0.25, -0.2) is 0 Å². The molecule has 2 amide bonds. The average Bonchev–Trinajstić information content (AvgIpc) is 3.48. The van der Waals surface area contributed by atoms with Gasteiger partial charge in [0, 0.05) is 18.7 Å². The van der Waals surface area contributed by atoms with Gasteiger partial charge in [0.05, 0.1) is 19.4 Å². The number of amides is 2. The van der Waals surface area contributed by atoms with E-state index < -0.39 is 5.54 Å². The van der Waals surface area contributed by atoms with Crippen LogP contribution in [0.15, 0.2) is 53.1 Å². The molecule has 1 fully saturated rings. The molecule has 1 aromatic carbocycles. The number of hydrogen-bond acceptors (Lipinski definition) is 5. The number of nitrogens with zero attached hydrogens (tertiary/aromatic N) is 3. The molecule has 1 aliphatic carbocycles. The molecule has 0 radical (unpaired) electrons. The van der Waals surface area contributed by atoms with Crippen LogP contribution in [0.4, 0.5) is 0 Å². The van der Waals surface area contributed by atoms with E-state index in [0.717, 1.165) is 37.0 Å². The van der Waals surface area contributed by atoms with Crippen molar-refractivity contribution in [2.45, 2.75) is 77.0 Å². The lowest BCUT2D eigenvalue weighted by Crippen LogP contribution is -2.64. The standard InChI is InChI=1S/C28H34N4O4/c1-3-35-22-14-12-20(13-15-22)18-31-26(33)24-17-23(25-11-8-16-36-25)30-32(24)19-28(31,2)27(34)29-21-9-6-4-5-7-10-21/h8,11-17,21H,3-7,9-10,18-19H2,1-2H3,(H,29,34)/t28-/m1/s1. The van der Waals surface area contributed by atoms with Crippen molar-refractivity contribution in [3.8, 4) is 17.2 Å². The molecular weight excluding hydrogens is 456 g/mol. The summed E-state index contributed by atoms with van der Waals surface area (Å²) in [6.07, 6.45) is 8.18. The second-order valence-electron chi connectivity index (χ2n) is 9.95. The molecule has 3 heterocycles. The fourth-order valence-corrected chi connectivity index (χ4v) is 5.24. The zero-order valence-corrected chi connectivity index (χ0v) is 21.0. The molecule has 0 unspecified atom stereocenters. The maximum atomic E-state index is 13.9. The minimum atomic E-state index is -1.10. The van der Waals surface area contributed by atoms with Gasteiger partial charge in [-0.1, -0.05) is 37.8 Å². The first-order valence-corrected chi connectivity index (χ1v) is 12.9. The number of rotatable bonds is 7. The Kier molecular flexibility index (Phi) is 6.85. The molecule has 0 bridgehead atoms. The number of ether oxygens (including phenoxy) is 1. The Bertz CT molecular complexity index is 1190. The highest BCUT2D eigenvalue weighted by molar-refractivity contribution is 6.00. The molecule has 0 spiro atoms. The Labute approximate surface area is 211 Å². The Balaban J connectivity index is 1.47. The maximum Gasteiger partial charge on any atom is 0.273 e. The number of fused-ring (bicyclic) bond motifs is 1. The highest BCUT2D eigenvalue weighted by atomic mass is 16.5. The van der Waals surface area contributed by atoms with Gasteiger partial charge >= 0.3 is 0 Å². The fourth-order valence-electron chi connectivity index (χ4n) is 5.24. The minimum absolute atomic E-state index is 0.130. The molecule has 8 heteroatoms. The number of aromatic nitrogens is 2. The van der Waals surface area contributed by atoms with Gasteiger partial charge in [0.2, 0.25) is 5.91 Å². The smallest absolute Gasteiger partial charge is 0.273 e. The molecule has 5 rings (SSSR count). The predicted octanol–water partition coefficient (Wildman–Crippen LogP) is 4.80. The summed E-state index contributed by atoms with van der Waals surface area (Å²) >= 11 is 0. The Hall–Kier alpha value is -3.55. The zero-order valence-electron chi connectivity index (χ0n) is 21.0.